The van der Waals surface area contributed by atoms with Crippen LogP contribution >= 0.6 is 11.3 Å². The van der Waals surface area contributed by atoms with E-state index in [2.05, 4.69) is 6.92 Å². The number of nitrogens with zero attached hydrogens (tertiary/aromatic N) is 2. The van der Waals surface area contributed by atoms with Crippen LogP contribution in [-0.4, -0.2) is 55.0 Å². The van der Waals surface area contributed by atoms with Crippen molar-refractivity contribution in [3.8, 4) is 11.5 Å². The van der Waals surface area contributed by atoms with Crippen LogP contribution in [0.4, 0.5) is 0 Å². The molecule has 0 bridgehead atoms. The Labute approximate surface area is 253 Å². The largest absolute Gasteiger partial charge is 0.493 e. The minimum atomic E-state index is -0.494. The second-order valence-electron chi connectivity index (χ2n) is 10.3. The van der Waals surface area contributed by atoms with E-state index < -0.39 is 5.92 Å². The minimum Gasteiger partial charge on any atom is -0.493 e. The number of methoxy groups -OCH3 is 2. The third-order valence-electron chi connectivity index (χ3n) is 7.62. The summed E-state index contributed by atoms with van der Waals surface area (Å²) in [6.45, 7) is 5.09. The number of thiophene rings is 1. The summed E-state index contributed by atoms with van der Waals surface area (Å²) in [7, 11) is 3.23. The minimum absolute atomic E-state index is 0.0152. The Hall–Kier alpha value is -4.10. The Bertz CT molecular complexity index is 1370. The predicted molar refractivity (Wildman–Crippen MR) is 169 cm³/mol. The molecule has 7 heteroatoms. The molecule has 4 aromatic rings. The zero-order valence-electron chi connectivity index (χ0n) is 24.9. The third-order valence-corrected chi connectivity index (χ3v) is 8.48. The molecule has 0 saturated carbocycles. The lowest BCUT2D eigenvalue weighted by atomic mass is 9.89. The lowest BCUT2D eigenvalue weighted by molar-refractivity contribution is -0.143. The molecule has 0 aliphatic carbocycles. The Morgan fingerprint density at radius 2 is 1.48 bits per heavy atom. The van der Waals surface area contributed by atoms with Crippen LogP contribution in [0.2, 0.25) is 0 Å². The second-order valence-corrected chi connectivity index (χ2v) is 11.3. The predicted octanol–water partition coefficient (Wildman–Crippen LogP) is 6.80. The molecule has 0 fully saturated rings. The molecule has 42 heavy (non-hydrogen) atoms. The molecule has 0 unspecified atom stereocenters. The van der Waals surface area contributed by atoms with Crippen molar-refractivity contribution in [1.29, 1.82) is 0 Å². The molecule has 1 atom stereocenters. The van der Waals surface area contributed by atoms with Gasteiger partial charge in [0, 0.05) is 17.5 Å². The van der Waals surface area contributed by atoms with Gasteiger partial charge in [-0.05, 0) is 60.0 Å². The SMILES string of the molecule is CC[C@H](C)N(CC(=O)N(CCc1ccc(OC)c(OC)c1)Cc1cccs1)C(=O)C(c1ccccc1)c1ccccc1. The highest BCUT2D eigenvalue weighted by Gasteiger charge is 2.32. The number of carbonyl (C=O) groups is 2. The van der Waals surface area contributed by atoms with Crippen molar-refractivity contribution in [3.63, 3.8) is 0 Å². The molecule has 0 aliphatic rings. The standard InChI is InChI=1S/C35H40N2O4S/c1-5-26(2)37(35(39)34(28-13-8-6-9-14-28)29-15-10-7-11-16-29)25-33(38)36(24-30-17-12-22-42-30)21-20-27-18-19-31(40-3)32(23-27)41-4/h6-19,22-23,26,34H,5,20-21,24-25H2,1-4H3/t26-/m0/s1. The van der Waals surface area contributed by atoms with Gasteiger partial charge in [-0.1, -0.05) is 79.7 Å². The number of benzene rings is 3. The summed E-state index contributed by atoms with van der Waals surface area (Å²) in [6, 6.07) is 29.4. The van der Waals surface area contributed by atoms with E-state index >= 15 is 0 Å². The van der Waals surface area contributed by atoms with E-state index in [1.807, 2.05) is 108 Å². The van der Waals surface area contributed by atoms with Crippen LogP contribution in [0.5, 0.6) is 11.5 Å². The third kappa shape index (κ3) is 7.79. The fourth-order valence-corrected chi connectivity index (χ4v) is 5.75. The van der Waals surface area contributed by atoms with Crippen LogP contribution in [-0.2, 0) is 22.6 Å². The first kappa shape index (κ1) is 30.8. The second kappa shape index (κ2) is 15.2. The summed E-state index contributed by atoms with van der Waals surface area (Å²) in [6.07, 6.45) is 1.39. The number of carbonyl (C=O) groups excluding carboxylic acids is 2. The van der Waals surface area contributed by atoms with Crippen LogP contribution in [0.15, 0.2) is 96.4 Å². The highest BCUT2D eigenvalue weighted by Crippen LogP contribution is 2.29. The normalized spacial score (nSPS) is 11.6. The van der Waals surface area contributed by atoms with Crippen molar-refractivity contribution in [2.24, 2.45) is 0 Å². The highest BCUT2D eigenvalue weighted by molar-refractivity contribution is 7.09. The summed E-state index contributed by atoms with van der Waals surface area (Å²) in [5, 5.41) is 2.02. The van der Waals surface area contributed by atoms with Crippen molar-refractivity contribution in [2.45, 2.75) is 45.2 Å². The number of amides is 2. The monoisotopic (exact) mass is 584 g/mol. The Morgan fingerprint density at radius 1 is 0.833 bits per heavy atom. The molecule has 0 N–H and O–H groups in total. The van der Waals surface area contributed by atoms with Crippen molar-refractivity contribution in [3.05, 3.63) is 118 Å². The molecule has 220 valence electrons. The maximum atomic E-state index is 14.4. The summed E-state index contributed by atoms with van der Waals surface area (Å²) >= 11 is 1.63. The van der Waals surface area contributed by atoms with Crippen LogP contribution < -0.4 is 9.47 Å². The fourth-order valence-electron chi connectivity index (χ4n) is 5.03. The molecule has 3 aromatic carbocycles. The molecule has 0 spiro atoms. The first-order chi connectivity index (χ1) is 20.4. The van der Waals surface area contributed by atoms with Gasteiger partial charge in [-0.15, -0.1) is 11.3 Å². The lowest BCUT2D eigenvalue weighted by Gasteiger charge is -2.34. The molecular weight excluding hydrogens is 544 g/mol. The van der Waals surface area contributed by atoms with E-state index in [1.165, 1.54) is 0 Å². The number of hydrogen-bond donors (Lipinski definition) is 0. The van der Waals surface area contributed by atoms with Crippen LogP contribution in [0.1, 0.15) is 47.8 Å². The maximum absolute atomic E-state index is 14.4. The van der Waals surface area contributed by atoms with Gasteiger partial charge in [0.05, 0.1) is 26.7 Å². The molecule has 1 aromatic heterocycles. The van der Waals surface area contributed by atoms with Crippen molar-refractivity contribution in [2.75, 3.05) is 27.3 Å². The van der Waals surface area contributed by atoms with E-state index in [4.69, 9.17) is 9.47 Å². The summed E-state index contributed by atoms with van der Waals surface area (Å²) in [5.41, 5.74) is 2.87. The first-order valence-electron chi connectivity index (χ1n) is 14.4. The molecule has 4 rings (SSSR count). The molecule has 6 nitrogen and oxygen atoms in total. The van der Waals surface area contributed by atoms with Crippen molar-refractivity contribution >= 4 is 23.2 Å². The van der Waals surface area contributed by atoms with E-state index in [0.29, 0.717) is 31.0 Å². The fraction of sp³-hybridized carbons (Fsp3) is 0.314. The van der Waals surface area contributed by atoms with E-state index in [0.717, 1.165) is 28.0 Å². The smallest absolute Gasteiger partial charge is 0.242 e. The molecule has 2 amide bonds. The van der Waals surface area contributed by atoms with Crippen LogP contribution in [0.3, 0.4) is 0 Å². The van der Waals surface area contributed by atoms with Gasteiger partial charge < -0.3 is 19.3 Å². The van der Waals surface area contributed by atoms with E-state index in [-0.39, 0.29) is 24.4 Å². The van der Waals surface area contributed by atoms with Gasteiger partial charge in [-0.25, -0.2) is 0 Å². The Balaban J connectivity index is 1.60. The van der Waals surface area contributed by atoms with Crippen LogP contribution in [0, 0.1) is 0 Å². The molecule has 0 aliphatic heterocycles. The van der Waals surface area contributed by atoms with Gasteiger partial charge in [0.25, 0.3) is 0 Å². The van der Waals surface area contributed by atoms with E-state index in [1.54, 1.807) is 30.5 Å². The number of hydrogen-bond acceptors (Lipinski definition) is 5. The van der Waals surface area contributed by atoms with Gasteiger partial charge in [-0.3, -0.25) is 9.59 Å². The van der Waals surface area contributed by atoms with Crippen molar-refractivity contribution < 1.29 is 19.1 Å². The first-order valence-corrected chi connectivity index (χ1v) is 15.2. The molecular formula is C35H40N2O4S. The molecule has 0 radical (unpaired) electrons. The van der Waals surface area contributed by atoms with Gasteiger partial charge in [0.15, 0.2) is 11.5 Å². The maximum Gasteiger partial charge on any atom is 0.242 e. The lowest BCUT2D eigenvalue weighted by Crippen LogP contribution is -2.48. The van der Waals surface area contributed by atoms with Gasteiger partial charge in [0.2, 0.25) is 11.8 Å². The zero-order chi connectivity index (χ0) is 29.9. The quantitative estimate of drug-likeness (QED) is 0.164. The van der Waals surface area contributed by atoms with E-state index in [9.17, 15) is 9.59 Å². The highest BCUT2D eigenvalue weighted by atomic mass is 32.1. The zero-order valence-corrected chi connectivity index (χ0v) is 25.7. The Morgan fingerprint density at radius 3 is 2.02 bits per heavy atom. The van der Waals surface area contributed by atoms with Gasteiger partial charge >= 0.3 is 0 Å². The Kier molecular flexibility index (Phi) is 11.2. The van der Waals surface area contributed by atoms with Gasteiger partial charge in [0.1, 0.15) is 6.54 Å². The van der Waals surface area contributed by atoms with Crippen LogP contribution in [0.25, 0.3) is 0 Å². The van der Waals surface area contributed by atoms with Gasteiger partial charge in [-0.2, -0.15) is 0 Å². The number of rotatable bonds is 14. The summed E-state index contributed by atoms with van der Waals surface area (Å²) < 4.78 is 10.9. The van der Waals surface area contributed by atoms with Crippen molar-refractivity contribution in [1.82, 2.24) is 9.80 Å². The summed E-state index contributed by atoms with van der Waals surface area (Å²) in [5.74, 6) is 0.699. The number of ether oxygens (including phenoxy) is 2. The summed E-state index contributed by atoms with van der Waals surface area (Å²) in [4.78, 5) is 33.1. The average molecular weight is 585 g/mol. The molecule has 1 heterocycles. The molecule has 0 saturated heterocycles. The average Bonchev–Trinajstić information content (AvgIpc) is 3.55. The topological polar surface area (TPSA) is 59.1 Å².